The number of carbonyl (C=O) groups is 1. The number of carboxylic acids is 1. The molecular formula is C26H27NO6S. The highest BCUT2D eigenvalue weighted by molar-refractivity contribution is 7.86. The van der Waals surface area contributed by atoms with E-state index in [9.17, 15) is 22.9 Å². The van der Waals surface area contributed by atoms with E-state index in [1.807, 2.05) is 18.2 Å². The Morgan fingerprint density at radius 2 is 1.94 bits per heavy atom. The molecule has 7 nitrogen and oxygen atoms in total. The molecule has 34 heavy (non-hydrogen) atoms. The molecule has 4 aliphatic rings. The average Bonchev–Trinajstić information content (AvgIpc) is 3.45. The summed E-state index contributed by atoms with van der Waals surface area (Å²) in [7, 11) is -2.75. The highest BCUT2D eigenvalue weighted by Gasteiger charge is 2.48. The summed E-state index contributed by atoms with van der Waals surface area (Å²) in [5, 5.41) is 9.67. The summed E-state index contributed by atoms with van der Waals surface area (Å²) in [5.41, 5.74) is 5.31. The number of aliphatic carboxylic acids is 1. The first kappa shape index (κ1) is 21.7. The maximum absolute atomic E-state index is 12.5. The lowest BCUT2D eigenvalue weighted by atomic mass is 9.83. The standard InChI is InChI=1S/C26H27NO6S/c1-33-20-11-10-15(14-6-3-2-4-7-14)25-17(20)12-19-23-16(8-5-9-21(23)34(30,31)32)22-18(13-27(19)25)24(22)26(28)29/h5,8,10-12,14,21,23H,2-4,6-7,9,13H2,1H3,(H,28,29)(H,30,31,32)/t21-,23?/m1/s1. The Morgan fingerprint density at radius 3 is 2.62 bits per heavy atom. The second-order valence-corrected chi connectivity index (χ2v) is 11.4. The molecule has 1 saturated carbocycles. The summed E-state index contributed by atoms with van der Waals surface area (Å²) in [6.45, 7) is 0.370. The molecule has 178 valence electrons. The quantitative estimate of drug-likeness (QED) is 0.613. The second-order valence-electron chi connectivity index (χ2n) is 9.77. The van der Waals surface area contributed by atoms with Crippen LogP contribution in [0.15, 0.2) is 52.6 Å². The third-order valence-electron chi connectivity index (χ3n) is 8.03. The average molecular weight is 482 g/mol. The van der Waals surface area contributed by atoms with Crippen molar-refractivity contribution in [2.45, 2.75) is 62.2 Å². The van der Waals surface area contributed by atoms with E-state index in [0.717, 1.165) is 35.0 Å². The van der Waals surface area contributed by atoms with Crippen LogP contribution in [-0.4, -0.2) is 41.0 Å². The lowest BCUT2D eigenvalue weighted by Gasteiger charge is -2.29. The smallest absolute Gasteiger partial charge is 0.336 e. The SMILES string of the molecule is COc1ccc(C2CCCCC2)c2c1cc1n2CC2=C(C(=O)O)C2=C2C=CC[C@@H](S(=O)(=O)O)C21. The van der Waals surface area contributed by atoms with Gasteiger partial charge in [0.2, 0.25) is 0 Å². The molecule has 6 rings (SSSR count). The van der Waals surface area contributed by atoms with Gasteiger partial charge in [-0.15, -0.1) is 0 Å². The number of benzene rings is 1. The molecule has 2 heterocycles. The van der Waals surface area contributed by atoms with Crippen LogP contribution in [0.5, 0.6) is 5.75 Å². The van der Waals surface area contributed by atoms with E-state index in [1.54, 1.807) is 13.2 Å². The fourth-order valence-corrected chi connectivity index (χ4v) is 7.48. The number of nitrogens with zero attached hydrogens (tertiary/aromatic N) is 1. The molecular weight excluding hydrogens is 454 g/mol. The van der Waals surface area contributed by atoms with Crippen molar-refractivity contribution < 1.29 is 27.6 Å². The van der Waals surface area contributed by atoms with Crippen LogP contribution < -0.4 is 4.74 Å². The van der Waals surface area contributed by atoms with E-state index in [0.29, 0.717) is 29.4 Å². The van der Waals surface area contributed by atoms with Crippen molar-refractivity contribution in [3.05, 3.63) is 63.9 Å². The molecule has 8 heteroatoms. The Balaban J connectivity index is 1.66. The van der Waals surface area contributed by atoms with Gasteiger partial charge in [0.25, 0.3) is 10.1 Å². The van der Waals surface area contributed by atoms with Crippen LogP contribution in [-0.2, 0) is 21.5 Å². The molecule has 0 saturated heterocycles. The summed E-state index contributed by atoms with van der Waals surface area (Å²) in [4.78, 5) is 12.0. The molecule has 0 bridgehead atoms. The second kappa shape index (κ2) is 7.58. The van der Waals surface area contributed by atoms with Crippen molar-refractivity contribution >= 4 is 27.0 Å². The van der Waals surface area contributed by atoms with Crippen LogP contribution in [0.2, 0.25) is 0 Å². The Morgan fingerprint density at radius 1 is 1.18 bits per heavy atom. The van der Waals surface area contributed by atoms with E-state index in [1.165, 1.54) is 24.8 Å². The van der Waals surface area contributed by atoms with Crippen molar-refractivity contribution in [3.8, 4) is 5.75 Å². The topological polar surface area (TPSA) is 106 Å². The van der Waals surface area contributed by atoms with E-state index in [4.69, 9.17) is 4.74 Å². The maximum atomic E-state index is 12.5. The summed E-state index contributed by atoms with van der Waals surface area (Å²) in [5.74, 6) is -0.546. The lowest BCUT2D eigenvalue weighted by Crippen LogP contribution is -2.31. The van der Waals surface area contributed by atoms with Crippen LogP contribution in [0.25, 0.3) is 10.9 Å². The third-order valence-corrected chi connectivity index (χ3v) is 9.26. The van der Waals surface area contributed by atoms with Crippen molar-refractivity contribution in [3.63, 3.8) is 0 Å². The zero-order valence-electron chi connectivity index (χ0n) is 19.0. The monoisotopic (exact) mass is 481 g/mol. The molecule has 3 aliphatic carbocycles. The number of fused-ring (bicyclic) bond motifs is 6. The number of ether oxygens (including phenoxy) is 1. The first-order chi connectivity index (χ1) is 16.3. The predicted octanol–water partition coefficient (Wildman–Crippen LogP) is 4.70. The van der Waals surface area contributed by atoms with E-state index in [-0.39, 0.29) is 12.0 Å². The lowest BCUT2D eigenvalue weighted by molar-refractivity contribution is -0.132. The van der Waals surface area contributed by atoms with Gasteiger partial charge >= 0.3 is 5.97 Å². The summed E-state index contributed by atoms with van der Waals surface area (Å²) < 4.78 is 42.9. The Bertz CT molecular complexity index is 1440. The number of allylic oxidation sites excluding steroid dienone is 4. The van der Waals surface area contributed by atoms with Crippen molar-refractivity contribution in [2.75, 3.05) is 7.11 Å². The van der Waals surface area contributed by atoms with Crippen LogP contribution in [0, 0.1) is 0 Å². The molecule has 2 N–H and O–H groups in total. The molecule has 1 aromatic heterocycles. The first-order valence-corrected chi connectivity index (χ1v) is 13.4. The zero-order valence-corrected chi connectivity index (χ0v) is 19.8. The summed E-state index contributed by atoms with van der Waals surface area (Å²) >= 11 is 0. The normalized spacial score (nSPS) is 24.5. The minimum absolute atomic E-state index is 0.173. The zero-order chi connectivity index (χ0) is 23.8. The summed E-state index contributed by atoms with van der Waals surface area (Å²) in [6.07, 6.45) is 9.51. The van der Waals surface area contributed by atoms with Crippen LogP contribution in [0.3, 0.4) is 0 Å². The molecule has 1 fully saturated rings. The molecule has 0 amide bonds. The number of aromatic nitrogens is 1. The van der Waals surface area contributed by atoms with Crippen LogP contribution in [0.1, 0.15) is 61.6 Å². The predicted molar refractivity (Wildman–Crippen MR) is 128 cm³/mol. The van der Waals surface area contributed by atoms with Gasteiger partial charge in [-0.05, 0) is 59.6 Å². The van der Waals surface area contributed by atoms with Crippen molar-refractivity contribution in [1.82, 2.24) is 4.57 Å². The highest BCUT2D eigenvalue weighted by atomic mass is 32.2. The van der Waals surface area contributed by atoms with Gasteiger partial charge in [-0.25, -0.2) is 4.79 Å². The van der Waals surface area contributed by atoms with Gasteiger partial charge in [0.1, 0.15) is 11.0 Å². The molecule has 0 spiro atoms. The van der Waals surface area contributed by atoms with Crippen LogP contribution >= 0.6 is 0 Å². The van der Waals surface area contributed by atoms with Gasteiger partial charge in [0.05, 0.1) is 18.2 Å². The minimum atomic E-state index is -4.38. The van der Waals surface area contributed by atoms with Crippen molar-refractivity contribution in [1.29, 1.82) is 0 Å². The van der Waals surface area contributed by atoms with Gasteiger partial charge in [-0.1, -0.05) is 37.5 Å². The number of hydrogen-bond donors (Lipinski definition) is 2. The number of carboxylic acid groups (broad SMARTS) is 1. The summed E-state index contributed by atoms with van der Waals surface area (Å²) in [6, 6.07) is 6.09. The first-order valence-electron chi connectivity index (χ1n) is 11.9. The Labute approximate surface area is 198 Å². The number of hydrogen-bond acceptors (Lipinski definition) is 4. The number of methoxy groups -OCH3 is 1. The largest absolute Gasteiger partial charge is 0.496 e. The van der Waals surface area contributed by atoms with E-state index >= 15 is 0 Å². The van der Waals surface area contributed by atoms with Gasteiger partial charge in [0, 0.05) is 23.5 Å². The Hall–Kier alpha value is -2.84. The van der Waals surface area contributed by atoms with E-state index in [2.05, 4.69) is 10.6 Å². The highest BCUT2D eigenvalue weighted by Crippen LogP contribution is 2.54. The van der Waals surface area contributed by atoms with Gasteiger partial charge < -0.3 is 14.4 Å². The van der Waals surface area contributed by atoms with E-state index < -0.39 is 27.3 Å². The van der Waals surface area contributed by atoms with Crippen LogP contribution in [0.4, 0.5) is 0 Å². The fourth-order valence-electron chi connectivity index (χ4n) is 6.50. The van der Waals surface area contributed by atoms with Gasteiger partial charge in [-0.2, -0.15) is 8.42 Å². The fraction of sp³-hybridized carbons (Fsp3) is 0.423. The molecule has 2 atom stereocenters. The van der Waals surface area contributed by atoms with Gasteiger partial charge in [0.15, 0.2) is 0 Å². The molecule has 1 aliphatic heterocycles. The molecule has 0 radical (unpaired) electrons. The molecule has 2 aromatic rings. The number of rotatable bonds is 4. The molecule has 1 aromatic carbocycles. The molecule has 1 unspecified atom stereocenters. The van der Waals surface area contributed by atoms with Crippen molar-refractivity contribution in [2.24, 2.45) is 0 Å². The van der Waals surface area contributed by atoms with Gasteiger partial charge in [-0.3, -0.25) is 4.55 Å². The maximum Gasteiger partial charge on any atom is 0.336 e. The minimum Gasteiger partial charge on any atom is -0.496 e. The Kier molecular flexibility index (Phi) is 4.83. The third kappa shape index (κ3) is 3.11.